The van der Waals surface area contributed by atoms with E-state index >= 15 is 0 Å². The minimum atomic E-state index is -0.625. The molecule has 1 heterocycles. The van der Waals surface area contributed by atoms with Crippen LogP contribution in [-0.4, -0.2) is 18.1 Å². The van der Waals surface area contributed by atoms with Gasteiger partial charge >= 0.3 is 12.1 Å². The van der Waals surface area contributed by atoms with E-state index in [1.165, 1.54) is 0 Å². The third-order valence-corrected chi connectivity index (χ3v) is 1.93. The van der Waals surface area contributed by atoms with Gasteiger partial charge < -0.3 is 10.1 Å². The Morgan fingerprint density at radius 1 is 1.64 bits per heavy atom. The van der Waals surface area contributed by atoms with E-state index in [1.807, 2.05) is 13.8 Å². The number of amides is 1. The molecule has 1 amide bonds. The highest BCUT2D eigenvalue weighted by Crippen LogP contribution is 2.13. The van der Waals surface area contributed by atoms with Gasteiger partial charge in [0.1, 0.15) is 6.04 Å². The number of nitrogens with one attached hydrogen (secondary N) is 1. The first-order valence-electron chi connectivity index (χ1n) is 3.67. The molecule has 62 valence electrons. The van der Waals surface area contributed by atoms with Gasteiger partial charge in [-0.1, -0.05) is 20.3 Å². The maximum absolute atomic E-state index is 10.9. The van der Waals surface area contributed by atoms with Crippen molar-refractivity contribution in [3.8, 4) is 0 Å². The molecule has 2 atom stereocenters. The van der Waals surface area contributed by atoms with E-state index in [-0.39, 0.29) is 5.92 Å². The van der Waals surface area contributed by atoms with E-state index in [0.717, 1.165) is 6.42 Å². The lowest BCUT2D eigenvalue weighted by Gasteiger charge is -2.11. The number of cyclic esters (lactones) is 2. The zero-order chi connectivity index (χ0) is 8.43. The number of hydrogen-bond donors (Lipinski definition) is 1. The normalized spacial score (nSPS) is 26.2. The molecule has 4 nitrogen and oxygen atoms in total. The largest absolute Gasteiger partial charge is 0.415 e. The number of carbonyl (C=O) groups excluding carboxylic acids is 2. The molecule has 0 spiro atoms. The molecule has 0 aromatic rings. The maximum Gasteiger partial charge on any atom is 0.415 e. The van der Waals surface area contributed by atoms with Gasteiger partial charge in [-0.05, 0) is 5.92 Å². The van der Waals surface area contributed by atoms with Crippen LogP contribution in [0.2, 0.25) is 0 Å². The van der Waals surface area contributed by atoms with E-state index in [0.29, 0.717) is 0 Å². The van der Waals surface area contributed by atoms with Crippen molar-refractivity contribution in [3.63, 3.8) is 0 Å². The van der Waals surface area contributed by atoms with Gasteiger partial charge in [-0.25, -0.2) is 9.59 Å². The number of hydrogen-bond acceptors (Lipinski definition) is 3. The Labute approximate surface area is 64.9 Å². The molecular formula is C7H11NO3. The summed E-state index contributed by atoms with van der Waals surface area (Å²) in [5.41, 5.74) is 0. The summed E-state index contributed by atoms with van der Waals surface area (Å²) in [6, 6.07) is -0.438. The lowest BCUT2D eigenvalue weighted by Crippen LogP contribution is -2.34. The van der Waals surface area contributed by atoms with Gasteiger partial charge in [0.2, 0.25) is 0 Å². The Kier molecular flexibility index (Phi) is 2.12. The van der Waals surface area contributed by atoms with Gasteiger partial charge in [-0.15, -0.1) is 0 Å². The van der Waals surface area contributed by atoms with Crippen LogP contribution in [0.4, 0.5) is 4.79 Å². The van der Waals surface area contributed by atoms with E-state index in [4.69, 9.17) is 0 Å². The Bertz CT molecular complexity index is 190. The summed E-state index contributed by atoms with van der Waals surface area (Å²) in [4.78, 5) is 21.4. The van der Waals surface area contributed by atoms with E-state index in [9.17, 15) is 9.59 Å². The summed E-state index contributed by atoms with van der Waals surface area (Å²) in [7, 11) is 0. The number of esters is 1. The minimum absolute atomic E-state index is 0.147. The van der Waals surface area contributed by atoms with Crippen LogP contribution < -0.4 is 5.32 Å². The molecule has 1 N–H and O–H groups in total. The van der Waals surface area contributed by atoms with Crippen molar-refractivity contribution < 1.29 is 14.3 Å². The molecule has 0 saturated carbocycles. The maximum atomic E-state index is 10.9. The Morgan fingerprint density at radius 2 is 2.27 bits per heavy atom. The zero-order valence-electron chi connectivity index (χ0n) is 6.59. The van der Waals surface area contributed by atoms with Crippen LogP contribution in [-0.2, 0) is 9.53 Å². The SMILES string of the molecule is CCC(C)[C@H]1NC(=O)OC1=O. The molecule has 0 aliphatic carbocycles. The molecule has 1 saturated heterocycles. The zero-order valence-corrected chi connectivity index (χ0v) is 6.59. The molecule has 11 heavy (non-hydrogen) atoms. The van der Waals surface area contributed by atoms with Crippen molar-refractivity contribution in [2.75, 3.05) is 0 Å². The number of rotatable bonds is 2. The Balaban J connectivity index is 2.59. The molecule has 0 aromatic carbocycles. The minimum Gasteiger partial charge on any atom is -0.375 e. The fourth-order valence-corrected chi connectivity index (χ4v) is 0.980. The van der Waals surface area contributed by atoms with Gasteiger partial charge in [0.15, 0.2) is 0 Å². The molecule has 1 aliphatic rings. The molecule has 1 aliphatic heterocycles. The predicted octanol–water partition coefficient (Wildman–Crippen LogP) is 0.667. The van der Waals surface area contributed by atoms with E-state index in [1.54, 1.807) is 0 Å². The standard InChI is InChI=1S/C7H11NO3/c1-3-4(2)5-6(9)11-7(10)8-5/h4-5H,3H2,1-2H3,(H,8,10)/t4?,5-/m1/s1. The van der Waals surface area contributed by atoms with E-state index in [2.05, 4.69) is 10.1 Å². The van der Waals surface area contributed by atoms with Gasteiger partial charge in [-0.2, -0.15) is 0 Å². The highest BCUT2D eigenvalue weighted by Gasteiger charge is 2.35. The molecule has 0 radical (unpaired) electrons. The smallest absolute Gasteiger partial charge is 0.375 e. The predicted molar refractivity (Wildman–Crippen MR) is 37.9 cm³/mol. The number of carbonyl (C=O) groups is 2. The van der Waals surface area contributed by atoms with Crippen LogP contribution in [0.15, 0.2) is 0 Å². The van der Waals surface area contributed by atoms with Crippen molar-refractivity contribution in [3.05, 3.63) is 0 Å². The number of ether oxygens (including phenoxy) is 1. The fraction of sp³-hybridized carbons (Fsp3) is 0.714. The van der Waals surface area contributed by atoms with Gasteiger partial charge in [0.05, 0.1) is 0 Å². The quantitative estimate of drug-likeness (QED) is 0.473. The molecule has 4 heteroatoms. The first-order valence-corrected chi connectivity index (χ1v) is 3.67. The van der Waals surface area contributed by atoms with Crippen molar-refractivity contribution in [1.29, 1.82) is 0 Å². The van der Waals surface area contributed by atoms with Gasteiger partial charge in [0.25, 0.3) is 0 Å². The summed E-state index contributed by atoms with van der Waals surface area (Å²) in [6.45, 7) is 3.86. The summed E-state index contributed by atoms with van der Waals surface area (Å²) in [5.74, 6) is -0.307. The van der Waals surface area contributed by atoms with Crippen LogP contribution in [0.3, 0.4) is 0 Å². The third kappa shape index (κ3) is 1.50. The molecule has 0 bridgehead atoms. The van der Waals surface area contributed by atoms with Crippen LogP contribution in [0.5, 0.6) is 0 Å². The highest BCUT2D eigenvalue weighted by molar-refractivity contribution is 5.95. The lowest BCUT2D eigenvalue weighted by atomic mass is 10.0. The summed E-state index contributed by atoms with van der Waals surface area (Å²) in [6.07, 6.45) is 0.223. The second-order valence-electron chi connectivity index (χ2n) is 2.72. The van der Waals surface area contributed by atoms with Crippen molar-refractivity contribution in [2.45, 2.75) is 26.3 Å². The van der Waals surface area contributed by atoms with Crippen molar-refractivity contribution in [2.24, 2.45) is 5.92 Å². The van der Waals surface area contributed by atoms with Crippen LogP contribution in [0.1, 0.15) is 20.3 Å². The molecule has 0 aromatic heterocycles. The first-order chi connectivity index (χ1) is 5.15. The molecular weight excluding hydrogens is 146 g/mol. The first kappa shape index (κ1) is 8.04. The average molecular weight is 157 g/mol. The fourth-order valence-electron chi connectivity index (χ4n) is 0.980. The monoisotopic (exact) mass is 157 g/mol. The molecule has 1 rings (SSSR count). The van der Waals surface area contributed by atoms with Crippen LogP contribution in [0.25, 0.3) is 0 Å². The second kappa shape index (κ2) is 2.90. The lowest BCUT2D eigenvalue weighted by molar-refractivity contribution is -0.136. The van der Waals surface area contributed by atoms with Crippen LogP contribution >= 0.6 is 0 Å². The summed E-state index contributed by atoms with van der Waals surface area (Å²) >= 11 is 0. The van der Waals surface area contributed by atoms with Gasteiger partial charge in [-0.3, -0.25) is 0 Å². The topological polar surface area (TPSA) is 55.4 Å². The Hall–Kier alpha value is -1.06. The van der Waals surface area contributed by atoms with E-state index < -0.39 is 18.1 Å². The highest BCUT2D eigenvalue weighted by atomic mass is 16.6. The van der Waals surface area contributed by atoms with Crippen LogP contribution in [0, 0.1) is 5.92 Å². The number of alkyl carbamates (subject to hydrolysis) is 1. The Morgan fingerprint density at radius 3 is 2.64 bits per heavy atom. The summed E-state index contributed by atoms with van der Waals surface area (Å²) in [5, 5.41) is 2.44. The molecule has 1 fully saturated rings. The van der Waals surface area contributed by atoms with Crippen molar-refractivity contribution >= 4 is 12.1 Å². The second-order valence-corrected chi connectivity index (χ2v) is 2.72. The average Bonchev–Trinajstić information content (AvgIpc) is 2.28. The third-order valence-electron chi connectivity index (χ3n) is 1.93. The molecule has 1 unspecified atom stereocenters. The van der Waals surface area contributed by atoms with Crippen molar-refractivity contribution in [1.82, 2.24) is 5.32 Å². The van der Waals surface area contributed by atoms with Gasteiger partial charge in [0, 0.05) is 0 Å². The summed E-state index contributed by atoms with van der Waals surface area (Å²) < 4.78 is 4.31.